The van der Waals surface area contributed by atoms with Crippen LogP contribution in [0.15, 0.2) is 0 Å². The van der Waals surface area contributed by atoms with Gasteiger partial charge in [-0.15, -0.1) is 0 Å². The highest BCUT2D eigenvalue weighted by Gasteiger charge is 2.12. The van der Waals surface area contributed by atoms with Gasteiger partial charge in [-0.3, -0.25) is 10.1 Å². The fourth-order valence-electron chi connectivity index (χ4n) is 1.15. The number of amides is 3. The van der Waals surface area contributed by atoms with Crippen molar-refractivity contribution in [3.8, 4) is 0 Å². The molecule has 0 saturated heterocycles. The van der Waals surface area contributed by atoms with Gasteiger partial charge >= 0.3 is 6.03 Å². The molecule has 0 heterocycles. The molecule has 0 aromatic carbocycles. The Morgan fingerprint density at radius 3 is 2.33 bits per heavy atom. The van der Waals surface area contributed by atoms with E-state index in [-0.39, 0.29) is 11.9 Å². The predicted octanol–water partition coefficient (Wildman–Crippen LogP) is 0.596. The van der Waals surface area contributed by atoms with Crippen LogP contribution in [0.3, 0.4) is 0 Å². The zero-order chi connectivity index (χ0) is 11.8. The number of imide groups is 1. The summed E-state index contributed by atoms with van der Waals surface area (Å²) in [6.07, 6.45) is 2.14. The fourth-order valence-corrected chi connectivity index (χ4v) is 1.15. The van der Waals surface area contributed by atoms with Crippen molar-refractivity contribution < 1.29 is 9.59 Å². The van der Waals surface area contributed by atoms with Crippen molar-refractivity contribution in [3.63, 3.8) is 0 Å². The molecule has 1 atom stereocenters. The molecule has 0 saturated carbocycles. The third-order valence-electron chi connectivity index (χ3n) is 2.05. The van der Waals surface area contributed by atoms with Crippen LogP contribution in [-0.2, 0) is 4.79 Å². The van der Waals surface area contributed by atoms with Gasteiger partial charge in [-0.1, -0.05) is 13.8 Å². The Hall–Kier alpha value is -1.10. The van der Waals surface area contributed by atoms with E-state index >= 15 is 0 Å². The van der Waals surface area contributed by atoms with E-state index < -0.39 is 6.03 Å². The lowest BCUT2D eigenvalue weighted by Gasteiger charge is -2.12. The molecule has 0 aliphatic heterocycles. The monoisotopic (exact) mass is 215 g/mol. The lowest BCUT2D eigenvalue weighted by molar-refractivity contribution is -0.121. The molecule has 0 radical (unpaired) electrons. The van der Waals surface area contributed by atoms with Crippen molar-refractivity contribution in [3.05, 3.63) is 0 Å². The standard InChI is InChI=1S/C10H21N3O2/c1-7(2)5-4-6-12-8(3)9(14)13-10(11)15/h7-8,12H,4-6H2,1-3H3,(H3,11,13,14,15). The summed E-state index contributed by atoms with van der Waals surface area (Å²) in [7, 11) is 0. The van der Waals surface area contributed by atoms with Gasteiger partial charge in [0.05, 0.1) is 6.04 Å². The number of carbonyl (C=O) groups is 2. The van der Waals surface area contributed by atoms with Crippen LogP contribution in [0.25, 0.3) is 0 Å². The Morgan fingerprint density at radius 1 is 1.27 bits per heavy atom. The first-order chi connectivity index (χ1) is 6.93. The average molecular weight is 215 g/mol. The predicted molar refractivity (Wildman–Crippen MR) is 59.3 cm³/mol. The van der Waals surface area contributed by atoms with Gasteiger partial charge in [0.2, 0.25) is 5.91 Å². The van der Waals surface area contributed by atoms with E-state index in [1.54, 1.807) is 6.92 Å². The molecule has 4 N–H and O–H groups in total. The second kappa shape index (κ2) is 7.23. The number of hydrogen-bond acceptors (Lipinski definition) is 3. The molecule has 88 valence electrons. The Bertz CT molecular complexity index is 217. The lowest BCUT2D eigenvalue weighted by Crippen LogP contribution is -2.46. The molecule has 0 aliphatic rings. The number of nitrogens with two attached hydrogens (primary N) is 1. The van der Waals surface area contributed by atoms with E-state index in [9.17, 15) is 9.59 Å². The summed E-state index contributed by atoms with van der Waals surface area (Å²) in [5, 5.41) is 5.05. The van der Waals surface area contributed by atoms with Crippen LogP contribution >= 0.6 is 0 Å². The third kappa shape index (κ3) is 7.93. The number of rotatable bonds is 6. The minimum absolute atomic E-state index is 0.382. The number of nitrogens with one attached hydrogen (secondary N) is 2. The summed E-state index contributed by atoms with van der Waals surface area (Å²) in [4.78, 5) is 21.6. The Morgan fingerprint density at radius 2 is 1.87 bits per heavy atom. The second-order valence-electron chi connectivity index (χ2n) is 4.07. The molecule has 0 fully saturated rings. The maximum absolute atomic E-state index is 11.2. The van der Waals surface area contributed by atoms with Crippen LogP contribution in [0.2, 0.25) is 0 Å². The van der Waals surface area contributed by atoms with Crippen molar-refractivity contribution in [1.82, 2.24) is 10.6 Å². The summed E-state index contributed by atoms with van der Waals surface area (Å²) in [6, 6.07) is -1.19. The van der Waals surface area contributed by atoms with Gasteiger partial charge in [0.25, 0.3) is 0 Å². The third-order valence-corrected chi connectivity index (χ3v) is 2.05. The van der Waals surface area contributed by atoms with Gasteiger partial charge in [-0.25, -0.2) is 4.79 Å². The van der Waals surface area contributed by atoms with Crippen molar-refractivity contribution in [2.24, 2.45) is 11.7 Å². The molecule has 0 aromatic rings. The van der Waals surface area contributed by atoms with Gasteiger partial charge in [-0.05, 0) is 32.2 Å². The molecule has 5 heteroatoms. The topological polar surface area (TPSA) is 84.2 Å². The highest BCUT2D eigenvalue weighted by Crippen LogP contribution is 2.01. The van der Waals surface area contributed by atoms with E-state index in [1.807, 2.05) is 5.32 Å². The molecule has 5 nitrogen and oxygen atoms in total. The van der Waals surface area contributed by atoms with Crippen molar-refractivity contribution >= 4 is 11.9 Å². The van der Waals surface area contributed by atoms with E-state index in [0.717, 1.165) is 19.4 Å². The van der Waals surface area contributed by atoms with Gasteiger partial charge in [0.1, 0.15) is 0 Å². The SMILES string of the molecule is CC(C)CCCNC(C)C(=O)NC(N)=O. The van der Waals surface area contributed by atoms with E-state index in [0.29, 0.717) is 5.92 Å². The smallest absolute Gasteiger partial charge is 0.318 e. The molecule has 0 aromatic heterocycles. The fraction of sp³-hybridized carbons (Fsp3) is 0.800. The molecule has 0 spiro atoms. The average Bonchev–Trinajstić information content (AvgIpc) is 2.10. The number of carbonyl (C=O) groups excluding carboxylic acids is 2. The zero-order valence-electron chi connectivity index (χ0n) is 9.67. The van der Waals surface area contributed by atoms with Crippen molar-refractivity contribution in [2.75, 3.05) is 6.54 Å². The number of hydrogen-bond donors (Lipinski definition) is 3. The van der Waals surface area contributed by atoms with Crippen LogP contribution in [0.5, 0.6) is 0 Å². The van der Waals surface area contributed by atoms with Crippen molar-refractivity contribution in [1.29, 1.82) is 0 Å². The van der Waals surface area contributed by atoms with E-state index in [2.05, 4.69) is 19.2 Å². The largest absolute Gasteiger partial charge is 0.351 e. The Kier molecular flexibility index (Phi) is 6.70. The molecule has 0 rings (SSSR count). The highest BCUT2D eigenvalue weighted by atomic mass is 16.2. The minimum Gasteiger partial charge on any atom is -0.351 e. The molecular formula is C10H21N3O2. The van der Waals surface area contributed by atoms with Crippen LogP contribution in [0.1, 0.15) is 33.6 Å². The Balaban J connectivity index is 3.60. The quantitative estimate of drug-likeness (QED) is 0.567. The summed E-state index contributed by atoms with van der Waals surface area (Å²) < 4.78 is 0. The van der Waals surface area contributed by atoms with Gasteiger partial charge in [0, 0.05) is 0 Å². The highest BCUT2D eigenvalue weighted by molar-refractivity contribution is 5.96. The molecule has 0 aliphatic carbocycles. The number of primary amides is 1. The van der Waals surface area contributed by atoms with Gasteiger partial charge in [0.15, 0.2) is 0 Å². The summed E-state index contributed by atoms with van der Waals surface area (Å²) >= 11 is 0. The summed E-state index contributed by atoms with van der Waals surface area (Å²) in [6.45, 7) is 6.78. The second-order valence-corrected chi connectivity index (χ2v) is 4.07. The van der Waals surface area contributed by atoms with Crippen LogP contribution in [0, 0.1) is 5.92 Å². The van der Waals surface area contributed by atoms with Crippen LogP contribution < -0.4 is 16.4 Å². The first-order valence-corrected chi connectivity index (χ1v) is 5.27. The van der Waals surface area contributed by atoms with Crippen LogP contribution in [-0.4, -0.2) is 24.5 Å². The molecule has 0 bridgehead atoms. The minimum atomic E-state index is -0.809. The van der Waals surface area contributed by atoms with E-state index in [4.69, 9.17) is 5.73 Å². The van der Waals surface area contributed by atoms with Gasteiger partial charge in [-0.2, -0.15) is 0 Å². The lowest BCUT2D eigenvalue weighted by atomic mass is 10.1. The number of urea groups is 1. The zero-order valence-corrected chi connectivity index (χ0v) is 9.67. The molecule has 1 unspecified atom stereocenters. The molecule has 3 amide bonds. The maximum atomic E-state index is 11.2. The maximum Gasteiger partial charge on any atom is 0.318 e. The van der Waals surface area contributed by atoms with Gasteiger partial charge < -0.3 is 11.1 Å². The summed E-state index contributed by atoms with van der Waals surface area (Å²) in [5.41, 5.74) is 4.83. The molecular weight excluding hydrogens is 194 g/mol. The summed E-state index contributed by atoms with van der Waals surface area (Å²) in [5.74, 6) is 0.286. The van der Waals surface area contributed by atoms with Crippen molar-refractivity contribution in [2.45, 2.75) is 39.7 Å². The first kappa shape index (κ1) is 13.9. The Labute approximate surface area is 90.8 Å². The van der Waals surface area contributed by atoms with E-state index in [1.165, 1.54) is 0 Å². The van der Waals surface area contributed by atoms with Crippen LogP contribution in [0.4, 0.5) is 4.79 Å². The first-order valence-electron chi connectivity index (χ1n) is 5.27. The normalized spacial score (nSPS) is 12.5. The molecule has 15 heavy (non-hydrogen) atoms.